The van der Waals surface area contributed by atoms with Crippen LogP contribution in [0.4, 0.5) is 13.2 Å². The summed E-state index contributed by atoms with van der Waals surface area (Å²) in [5.41, 5.74) is -1.67. The number of nitrogens with one attached hydrogen (secondary N) is 1. The number of ether oxygens (including phenoxy) is 1. The quantitative estimate of drug-likeness (QED) is 0.833. The molecule has 0 bridgehead atoms. The zero-order chi connectivity index (χ0) is 14.6. The van der Waals surface area contributed by atoms with Gasteiger partial charge in [-0.3, -0.25) is 0 Å². The number of halogens is 3. The van der Waals surface area contributed by atoms with Gasteiger partial charge in [0.1, 0.15) is 5.75 Å². The van der Waals surface area contributed by atoms with E-state index in [2.05, 4.69) is 5.32 Å². The predicted octanol–water partition coefficient (Wildman–Crippen LogP) is 3.92. The molecule has 1 aromatic carbocycles. The summed E-state index contributed by atoms with van der Waals surface area (Å²) in [6, 6.07) is 6.18. The highest BCUT2D eigenvalue weighted by molar-refractivity contribution is 8.00. The number of alkyl halides is 3. The third-order valence-electron chi connectivity index (χ3n) is 3.40. The summed E-state index contributed by atoms with van der Waals surface area (Å²) in [6.45, 7) is 0.0679. The highest BCUT2D eigenvalue weighted by atomic mass is 32.2. The van der Waals surface area contributed by atoms with Gasteiger partial charge in [0.2, 0.25) is 0 Å². The standard InChI is InChI=1S/C14H18F3NOS/c1-18-13-4-2-3-10-9-11(5-6-12(10)13)19-7-8-20-14(15,16)17/h5-6,9,13,18H,2-4,7-8H2,1H3. The average molecular weight is 305 g/mol. The van der Waals surface area contributed by atoms with Crippen LogP contribution in [-0.4, -0.2) is 24.9 Å². The van der Waals surface area contributed by atoms with Gasteiger partial charge in [0.05, 0.1) is 6.61 Å². The van der Waals surface area contributed by atoms with Gasteiger partial charge in [-0.05, 0) is 61.3 Å². The Morgan fingerprint density at radius 1 is 1.40 bits per heavy atom. The molecule has 0 heterocycles. The first kappa shape index (κ1) is 15.5. The Labute approximate surface area is 121 Å². The van der Waals surface area contributed by atoms with E-state index in [0.29, 0.717) is 11.8 Å². The Hall–Kier alpha value is -0.880. The van der Waals surface area contributed by atoms with Gasteiger partial charge < -0.3 is 10.1 Å². The molecule has 0 radical (unpaired) electrons. The van der Waals surface area contributed by atoms with Crippen LogP contribution < -0.4 is 10.1 Å². The van der Waals surface area contributed by atoms with Crippen molar-refractivity contribution in [2.45, 2.75) is 30.8 Å². The van der Waals surface area contributed by atoms with Crippen molar-refractivity contribution in [1.29, 1.82) is 0 Å². The second-order valence-electron chi connectivity index (χ2n) is 4.74. The van der Waals surface area contributed by atoms with Crippen molar-refractivity contribution < 1.29 is 17.9 Å². The summed E-state index contributed by atoms with van der Waals surface area (Å²) in [4.78, 5) is 0. The number of aryl methyl sites for hydroxylation is 1. The topological polar surface area (TPSA) is 21.3 Å². The first-order valence-electron chi connectivity index (χ1n) is 6.63. The molecule has 1 aliphatic rings. The minimum atomic E-state index is -4.18. The first-order valence-corrected chi connectivity index (χ1v) is 7.62. The molecule has 1 atom stereocenters. The van der Waals surface area contributed by atoms with Crippen LogP contribution in [0.2, 0.25) is 0 Å². The lowest BCUT2D eigenvalue weighted by molar-refractivity contribution is -0.0329. The molecule has 1 aliphatic carbocycles. The molecule has 1 N–H and O–H groups in total. The molecule has 2 rings (SSSR count). The van der Waals surface area contributed by atoms with E-state index in [1.165, 1.54) is 11.1 Å². The summed E-state index contributed by atoms with van der Waals surface area (Å²) in [5.74, 6) is 0.572. The lowest BCUT2D eigenvalue weighted by atomic mass is 9.87. The fourth-order valence-electron chi connectivity index (χ4n) is 2.50. The van der Waals surface area contributed by atoms with Crippen molar-refractivity contribution in [1.82, 2.24) is 5.32 Å². The van der Waals surface area contributed by atoms with Crippen molar-refractivity contribution in [3.05, 3.63) is 29.3 Å². The number of benzene rings is 1. The maximum atomic E-state index is 12.0. The Bertz CT molecular complexity index is 451. The Morgan fingerprint density at radius 3 is 2.90 bits per heavy atom. The molecule has 0 fully saturated rings. The van der Waals surface area contributed by atoms with E-state index in [1.54, 1.807) is 0 Å². The van der Waals surface area contributed by atoms with Crippen molar-refractivity contribution in [3.8, 4) is 5.75 Å². The molecule has 1 aromatic rings. The number of hydrogen-bond acceptors (Lipinski definition) is 3. The van der Waals surface area contributed by atoms with Crippen LogP contribution in [0, 0.1) is 0 Å². The largest absolute Gasteiger partial charge is 0.493 e. The van der Waals surface area contributed by atoms with E-state index in [4.69, 9.17) is 4.74 Å². The van der Waals surface area contributed by atoms with Crippen LogP contribution in [0.15, 0.2) is 18.2 Å². The summed E-state index contributed by atoms with van der Waals surface area (Å²) >= 11 is -0.0494. The van der Waals surface area contributed by atoms with Gasteiger partial charge in [-0.1, -0.05) is 6.07 Å². The van der Waals surface area contributed by atoms with Gasteiger partial charge in [-0.25, -0.2) is 0 Å². The average Bonchev–Trinajstić information content (AvgIpc) is 2.41. The fourth-order valence-corrected chi connectivity index (χ4v) is 2.90. The van der Waals surface area contributed by atoms with Gasteiger partial charge in [-0.15, -0.1) is 0 Å². The maximum absolute atomic E-state index is 12.0. The maximum Gasteiger partial charge on any atom is 0.441 e. The predicted molar refractivity (Wildman–Crippen MR) is 75.2 cm³/mol. The van der Waals surface area contributed by atoms with Crippen molar-refractivity contribution in [3.63, 3.8) is 0 Å². The van der Waals surface area contributed by atoms with Crippen LogP contribution in [0.1, 0.15) is 30.0 Å². The van der Waals surface area contributed by atoms with Gasteiger partial charge in [0.25, 0.3) is 0 Å². The molecule has 0 aromatic heterocycles. The first-order chi connectivity index (χ1) is 9.49. The van der Waals surface area contributed by atoms with Crippen molar-refractivity contribution in [2.24, 2.45) is 0 Å². The lowest BCUT2D eigenvalue weighted by Crippen LogP contribution is -2.21. The molecule has 20 heavy (non-hydrogen) atoms. The fraction of sp³-hybridized carbons (Fsp3) is 0.571. The van der Waals surface area contributed by atoms with Crippen molar-refractivity contribution in [2.75, 3.05) is 19.4 Å². The van der Waals surface area contributed by atoms with Gasteiger partial charge in [0, 0.05) is 11.8 Å². The van der Waals surface area contributed by atoms with Gasteiger partial charge in [-0.2, -0.15) is 13.2 Å². The molecule has 0 spiro atoms. The third-order valence-corrected chi connectivity index (χ3v) is 4.09. The monoisotopic (exact) mass is 305 g/mol. The number of fused-ring (bicyclic) bond motifs is 1. The summed E-state index contributed by atoms with van der Waals surface area (Å²) in [7, 11) is 1.94. The second-order valence-corrected chi connectivity index (χ2v) is 5.90. The molecular formula is C14H18F3NOS. The van der Waals surface area contributed by atoms with E-state index < -0.39 is 5.51 Å². The molecule has 0 amide bonds. The number of rotatable bonds is 5. The highest BCUT2D eigenvalue weighted by Gasteiger charge is 2.27. The smallest absolute Gasteiger partial charge is 0.441 e. The Kier molecular flexibility index (Phi) is 5.21. The molecule has 2 nitrogen and oxygen atoms in total. The summed E-state index contributed by atoms with van der Waals surface area (Å²) in [6.07, 6.45) is 3.24. The minimum absolute atomic E-state index is 0.0494. The molecular weight excluding hydrogens is 287 g/mol. The van der Waals surface area contributed by atoms with Crippen LogP contribution in [-0.2, 0) is 6.42 Å². The molecule has 6 heteroatoms. The van der Waals surface area contributed by atoms with Gasteiger partial charge in [0.15, 0.2) is 0 Å². The van der Waals surface area contributed by atoms with Crippen LogP contribution in [0.25, 0.3) is 0 Å². The molecule has 112 valence electrons. The molecule has 1 unspecified atom stereocenters. The normalized spacial score (nSPS) is 18.7. The van der Waals surface area contributed by atoms with Crippen LogP contribution in [0.3, 0.4) is 0 Å². The molecule has 0 aliphatic heterocycles. The molecule has 0 saturated heterocycles. The zero-order valence-corrected chi connectivity index (χ0v) is 12.1. The number of thioether (sulfide) groups is 1. The number of hydrogen-bond donors (Lipinski definition) is 1. The third kappa shape index (κ3) is 4.31. The second kappa shape index (κ2) is 6.72. The Morgan fingerprint density at radius 2 is 2.20 bits per heavy atom. The highest BCUT2D eigenvalue weighted by Crippen LogP contribution is 2.32. The van der Waals surface area contributed by atoms with E-state index in [9.17, 15) is 13.2 Å². The van der Waals surface area contributed by atoms with E-state index in [-0.39, 0.29) is 24.1 Å². The van der Waals surface area contributed by atoms with Gasteiger partial charge >= 0.3 is 5.51 Å². The van der Waals surface area contributed by atoms with E-state index in [1.807, 2.05) is 25.2 Å². The van der Waals surface area contributed by atoms with E-state index in [0.717, 1.165) is 19.3 Å². The summed E-state index contributed by atoms with van der Waals surface area (Å²) in [5, 5.41) is 3.28. The lowest BCUT2D eigenvalue weighted by Gasteiger charge is -2.25. The Balaban J connectivity index is 1.91. The van der Waals surface area contributed by atoms with E-state index >= 15 is 0 Å². The molecule has 0 saturated carbocycles. The van der Waals surface area contributed by atoms with Crippen LogP contribution >= 0.6 is 11.8 Å². The van der Waals surface area contributed by atoms with Crippen molar-refractivity contribution >= 4 is 11.8 Å². The SMILES string of the molecule is CNC1CCCc2cc(OCCSC(F)(F)F)ccc21. The summed E-state index contributed by atoms with van der Waals surface area (Å²) < 4.78 is 41.4. The zero-order valence-electron chi connectivity index (χ0n) is 11.3. The van der Waals surface area contributed by atoms with Crippen LogP contribution in [0.5, 0.6) is 5.75 Å². The minimum Gasteiger partial charge on any atom is -0.493 e.